The summed E-state index contributed by atoms with van der Waals surface area (Å²) in [7, 11) is 0. The van der Waals surface area contributed by atoms with E-state index in [1.165, 1.54) is 6.20 Å². The smallest absolute Gasteiger partial charge is 0.124 e. The number of hydrogen-bond donors (Lipinski definition) is 5. The van der Waals surface area contributed by atoms with E-state index in [0.29, 0.717) is 16.8 Å². The molecule has 2 aromatic heterocycles. The second kappa shape index (κ2) is 8.20. The van der Waals surface area contributed by atoms with Gasteiger partial charge in [-0.05, 0) is 36.1 Å². The van der Waals surface area contributed by atoms with Crippen molar-refractivity contribution >= 4 is 47.4 Å². The topological polar surface area (TPSA) is 128 Å². The molecule has 0 amide bonds. The fourth-order valence-corrected chi connectivity index (χ4v) is 2.12. The summed E-state index contributed by atoms with van der Waals surface area (Å²) in [5, 5.41) is 15.8. The van der Waals surface area contributed by atoms with Crippen LogP contribution >= 0.6 is 24.8 Å². The summed E-state index contributed by atoms with van der Waals surface area (Å²) in [6.07, 6.45) is 1.52. The molecule has 1 aromatic carbocycles. The third-order valence-electron chi connectivity index (χ3n) is 3.33. The Kier molecular flexibility index (Phi) is 6.57. The highest BCUT2D eigenvalue weighted by molar-refractivity contribution is 5.98. The molecule has 0 aliphatic heterocycles. The molecule has 0 radical (unpaired) electrons. The second-order valence-electron chi connectivity index (χ2n) is 4.99. The molecule has 0 aliphatic carbocycles. The Bertz CT molecular complexity index is 980. The molecule has 128 valence electrons. The van der Waals surface area contributed by atoms with Crippen molar-refractivity contribution in [3.05, 3.63) is 65.1 Å². The average molecular weight is 375 g/mol. The number of benzene rings is 1. The number of halogens is 2. The molecule has 0 fully saturated rings. The number of nitrogens with one attached hydrogen (secondary N) is 3. The van der Waals surface area contributed by atoms with Crippen molar-refractivity contribution in [2.45, 2.75) is 0 Å². The van der Waals surface area contributed by atoms with E-state index >= 15 is 0 Å². The Morgan fingerprint density at radius 1 is 0.920 bits per heavy atom. The number of nitrogens with two attached hydrogens (primary N) is 2. The highest BCUT2D eigenvalue weighted by Crippen LogP contribution is 2.16. The lowest BCUT2D eigenvalue weighted by Crippen LogP contribution is -2.11. The van der Waals surface area contributed by atoms with Crippen LogP contribution in [0.1, 0.15) is 22.5 Å². The van der Waals surface area contributed by atoms with E-state index in [0.717, 1.165) is 16.6 Å². The van der Waals surface area contributed by atoms with E-state index in [2.05, 4.69) is 21.8 Å². The maximum Gasteiger partial charge on any atom is 0.124 e. The Labute approximate surface area is 156 Å². The van der Waals surface area contributed by atoms with Crippen LogP contribution in [0.15, 0.2) is 42.6 Å². The summed E-state index contributed by atoms with van der Waals surface area (Å²) in [5.74, 6) is 5.98. The van der Waals surface area contributed by atoms with Gasteiger partial charge in [0.1, 0.15) is 17.4 Å². The predicted octanol–water partition coefficient (Wildman–Crippen LogP) is 2.37. The third-order valence-corrected chi connectivity index (χ3v) is 3.33. The molecular formula is C17H16Cl2N6. The number of fused-ring (bicyclic) bond motifs is 1. The lowest BCUT2D eigenvalue weighted by molar-refractivity contribution is 1.26. The number of amidine groups is 2. The number of H-pyrrole nitrogens is 1. The largest absolute Gasteiger partial charge is 0.384 e. The standard InChI is InChI=1S/C17H14N6.2ClH/c18-16(19)11-2-1-10-7-14(23-15(10)8-11)6-5-13-4-3-12(9-22-13)17(20)21;;/h1-4,7-9,23H,(H3,18,19)(H3,20,21);2*1H. The zero-order valence-electron chi connectivity index (χ0n) is 13.0. The van der Waals surface area contributed by atoms with Crippen LogP contribution in [0.4, 0.5) is 0 Å². The van der Waals surface area contributed by atoms with Gasteiger partial charge in [-0.2, -0.15) is 0 Å². The number of pyridine rings is 1. The molecule has 25 heavy (non-hydrogen) atoms. The third kappa shape index (κ3) is 4.51. The van der Waals surface area contributed by atoms with Crippen molar-refractivity contribution in [3.63, 3.8) is 0 Å². The van der Waals surface area contributed by atoms with E-state index in [-0.39, 0.29) is 36.5 Å². The van der Waals surface area contributed by atoms with Gasteiger partial charge in [0.15, 0.2) is 0 Å². The van der Waals surface area contributed by atoms with Crippen molar-refractivity contribution in [1.29, 1.82) is 10.8 Å². The van der Waals surface area contributed by atoms with Gasteiger partial charge < -0.3 is 16.5 Å². The number of aromatic nitrogens is 2. The minimum absolute atomic E-state index is 0. The molecular weight excluding hydrogens is 359 g/mol. The van der Waals surface area contributed by atoms with Gasteiger partial charge in [-0.15, -0.1) is 24.8 Å². The van der Waals surface area contributed by atoms with Crippen LogP contribution in [0.3, 0.4) is 0 Å². The molecule has 7 N–H and O–H groups in total. The monoisotopic (exact) mass is 374 g/mol. The van der Waals surface area contributed by atoms with Gasteiger partial charge in [-0.3, -0.25) is 10.8 Å². The van der Waals surface area contributed by atoms with Crippen molar-refractivity contribution in [2.24, 2.45) is 11.5 Å². The number of rotatable bonds is 2. The molecule has 8 heteroatoms. The van der Waals surface area contributed by atoms with E-state index in [9.17, 15) is 0 Å². The highest BCUT2D eigenvalue weighted by atomic mass is 35.5. The zero-order valence-corrected chi connectivity index (χ0v) is 14.6. The van der Waals surface area contributed by atoms with Crippen molar-refractivity contribution < 1.29 is 0 Å². The van der Waals surface area contributed by atoms with Gasteiger partial charge >= 0.3 is 0 Å². The first-order valence-corrected chi connectivity index (χ1v) is 6.82. The predicted molar refractivity (Wildman–Crippen MR) is 105 cm³/mol. The number of nitrogens with zero attached hydrogens (tertiary/aromatic N) is 1. The highest BCUT2D eigenvalue weighted by Gasteiger charge is 2.02. The van der Waals surface area contributed by atoms with Gasteiger partial charge in [-0.25, -0.2) is 4.98 Å². The van der Waals surface area contributed by atoms with E-state index < -0.39 is 0 Å². The molecule has 0 unspecified atom stereocenters. The van der Waals surface area contributed by atoms with E-state index in [1.807, 2.05) is 18.2 Å². The Balaban J connectivity index is 0.00000156. The van der Waals surface area contributed by atoms with Crippen molar-refractivity contribution in [3.8, 4) is 11.8 Å². The van der Waals surface area contributed by atoms with Crippen molar-refractivity contribution in [1.82, 2.24) is 9.97 Å². The molecule has 0 spiro atoms. The maximum atomic E-state index is 7.46. The molecule has 2 heterocycles. The summed E-state index contributed by atoms with van der Waals surface area (Å²) >= 11 is 0. The summed E-state index contributed by atoms with van der Waals surface area (Å²) < 4.78 is 0. The van der Waals surface area contributed by atoms with Gasteiger partial charge in [0.25, 0.3) is 0 Å². The van der Waals surface area contributed by atoms with Crippen LogP contribution in [-0.2, 0) is 0 Å². The maximum absolute atomic E-state index is 7.46. The summed E-state index contributed by atoms with van der Waals surface area (Å²) in [6, 6.07) is 10.9. The summed E-state index contributed by atoms with van der Waals surface area (Å²) in [6.45, 7) is 0. The van der Waals surface area contributed by atoms with Crippen molar-refractivity contribution in [2.75, 3.05) is 0 Å². The van der Waals surface area contributed by atoms with Crippen LogP contribution in [0.5, 0.6) is 0 Å². The summed E-state index contributed by atoms with van der Waals surface area (Å²) in [4.78, 5) is 7.34. The normalized spacial score (nSPS) is 9.28. The van der Waals surface area contributed by atoms with Gasteiger partial charge in [0.2, 0.25) is 0 Å². The number of hydrogen-bond acceptors (Lipinski definition) is 3. The molecule has 0 saturated carbocycles. The molecule has 0 bridgehead atoms. The van der Waals surface area contributed by atoms with Gasteiger partial charge in [-0.1, -0.05) is 12.1 Å². The second-order valence-corrected chi connectivity index (χ2v) is 4.99. The Morgan fingerprint density at radius 3 is 2.20 bits per heavy atom. The quantitative estimate of drug-likeness (QED) is 0.268. The fraction of sp³-hybridized carbons (Fsp3) is 0. The van der Waals surface area contributed by atoms with Crippen LogP contribution in [0.2, 0.25) is 0 Å². The molecule has 0 saturated heterocycles. The number of nitrogen functional groups attached to an aromatic ring is 2. The summed E-state index contributed by atoms with van der Waals surface area (Å²) in [5.41, 5.74) is 14.3. The Morgan fingerprint density at radius 2 is 1.60 bits per heavy atom. The van der Waals surface area contributed by atoms with E-state index in [1.54, 1.807) is 18.2 Å². The number of aromatic amines is 1. The minimum atomic E-state index is -0.0195. The van der Waals surface area contributed by atoms with Crippen LogP contribution < -0.4 is 11.5 Å². The minimum Gasteiger partial charge on any atom is -0.384 e. The lowest BCUT2D eigenvalue weighted by atomic mass is 10.1. The first kappa shape index (κ1) is 20.0. The molecule has 0 atom stereocenters. The molecule has 3 rings (SSSR count). The van der Waals surface area contributed by atoms with Gasteiger partial charge in [0.05, 0.1) is 5.69 Å². The van der Waals surface area contributed by atoms with Crippen LogP contribution in [0.25, 0.3) is 10.9 Å². The lowest BCUT2D eigenvalue weighted by Gasteiger charge is -1.96. The first-order valence-electron chi connectivity index (χ1n) is 6.82. The Hall–Kier alpha value is -3.01. The van der Waals surface area contributed by atoms with E-state index in [4.69, 9.17) is 22.3 Å². The fourth-order valence-electron chi connectivity index (χ4n) is 2.12. The van der Waals surface area contributed by atoms with Gasteiger partial charge in [0, 0.05) is 28.2 Å². The molecule has 6 nitrogen and oxygen atoms in total. The van der Waals surface area contributed by atoms with Crippen LogP contribution in [-0.4, -0.2) is 21.6 Å². The first-order chi connectivity index (χ1) is 11.0. The zero-order chi connectivity index (χ0) is 16.4. The average Bonchev–Trinajstić information content (AvgIpc) is 2.95. The molecule has 3 aromatic rings. The molecule has 0 aliphatic rings. The van der Waals surface area contributed by atoms with Crippen LogP contribution in [0, 0.1) is 22.7 Å². The SMILES string of the molecule is Cl.Cl.N=C(N)c1ccc(C#Cc2cc3ccc(C(=N)N)cc3[nH]2)nc1.